The second kappa shape index (κ2) is 6.91. The number of nitrogens with zero attached hydrogens (tertiary/aromatic N) is 3. The number of sulfonamides is 1. The highest BCUT2D eigenvalue weighted by Gasteiger charge is 2.46. The Morgan fingerprint density at radius 3 is 2.85 bits per heavy atom. The Bertz CT molecular complexity index is 932. The highest BCUT2D eigenvalue weighted by molar-refractivity contribution is 7.89. The van der Waals surface area contributed by atoms with E-state index in [1.807, 2.05) is 0 Å². The Morgan fingerprint density at radius 2 is 2.19 bits per heavy atom. The lowest BCUT2D eigenvalue weighted by Gasteiger charge is -2.40. The summed E-state index contributed by atoms with van der Waals surface area (Å²) in [5, 5.41) is 0. The van der Waals surface area contributed by atoms with E-state index < -0.39 is 33.6 Å². The maximum absolute atomic E-state index is 14.6. The quantitative estimate of drug-likeness (QED) is 0.773. The van der Waals surface area contributed by atoms with Crippen molar-refractivity contribution in [2.75, 3.05) is 19.4 Å². The van der Waals surface area contributed by atoms with Gasteiger partial charge in [-0.2, -0.15) is 9.37 Å². The van der Waals surface area contributed by atoms with E-state index in [-0.39, 0.29) is 24.2 Å². The molecular weight excluding hydrogens is 378 g/mol. The number of rotatable bonds is 4. The molecule has 0 aromatic carbocycles. The number of aliphatic imine (C=N–C) groups is 1. The summed E-state index contributed by atoms with van der Waals surface area (Å²) in [7, 11) is -2.39. The third-order valence-electron chi connectivity index (χ3n) is 4.61. The first-order valence-corrected chi connectivity index (χ1v) is 9.82. The summed E-state index contributed by atoms with van der Waals surface area (Å²) in [5.74, 6) is -1.97. The van der Waals surface area contributed by atoms with Crippen molar-refractivity contribution >= 4 is 16.0 Å². The van der Waals surface area contributed by atoms with Gasteiger partial charge < -0.3 is 10.5 Å². The van der Waals surface area contributed by atoms with Gasteiger partial charge in [0.05, 0.1) is 11.3 Å². The number of aromatic nitrogens is 1. The van der Waals surface area contributed by atoms with E-state index in [0.29, 0.717) is 5.57 Å². The highest BCUT2D eigenvalue weighted by atomic mass is 32.2. The number of guanidine groups is 1. The lowest BCUT2D eigenvalue weighted by Crippen LogP contribution is -2.55. The molecule has 0 radical (unpaired) electrons. The first-order valence-electron chi connectivity index (χ1n) is 8.21. The fraction of sp³-hybridized carbons (Fsp3) is 0.412. The van der Waals surface area contributed by atoms with E-state index in [4.69, 9.17) is 10.5 Å². The van der Waals surface area contributed by atoms with Crippen molar-refractivity contribution < 1.29 is 21.9 Å². The second-order valence-corrected chi connectivity index (χ2v) is 8.71. The molecule has 10 heteroatoms. The summed E-state index contributed by atoms with van der Waals surface area (Å²) in [6.45, 7) is 1.59. The Balaban J connectivity index is 1.83. The summed E-state index contributed by atoms with van der Waals surface area (Å²) in [6.07, 6.45) is 3.02. The normalized spacial score (nSPS) is 29.9. The lowest BCUT2D eigenvalue weighted by atomic mass is 9.80. The van der Waals surface area contributed by atoms with Crippen LogP contribution in [-0.2, 0) is 10.0 Å². The number of ether oxygens (including phenoxy) is 1. The van der Waals surface area contributed by atoms with Crippen LogP contribution in [0.2, 0.25) is 0 Å². The van der Waals surface area contributed by atoms with Crippen LogP contribution in [-0.4, -0.2) is 54.8 Å². The molecule has 3 rings (SSSR count). The maximum atomic E-state index is 14.6. The Labute approximate surface area is 156 Å². The third-order valence-corrected chi connectivity index (χ3v) is 6.58. The van der Waals surface area contributed by atoms with Gasteiger partial charge in [0.15, 0.2) is 0 Å². The van der Waals surface area contributed by atoms with Gasteiger partial charge in [-0.25, -0.2) is 22.1 Å². The SMILES string of the molecule is CN1C(N)=N[C@](C)(C2C=C(COc3cccc(F)n3)C=CC2F)CS1(=O)=O. The molecule has 2 unspecified atom stereocenters. The van der Waals surface area contributed by atoms with Crippen LogP contribution in [0, 0.1) is 11.9 Å². The average molecular weight is 398 g/mol. The van der Waals surface area contributed by atoms with Gasteiger partial charge in [-0.05, 0) is 24.6 Å². The van der Waals surface area contributed by atoms with Gasteiger partial charge in [0.2, 0.25) is 27.8 Å². The molecule has 0 saturated heterocycles. The van der Waals surface area contributed by atoms with Gasteiger partial charge in [-0.15, -0.1) is 0 Å². The van der Waals surface area contributed by atoms with E-state index >= 15 is 0 Å². The van der Waals surface area contributed by atoms with Crippen molar-refractivity contribution in [3.8, 4) is 5.88 Å². The Morgan fingerprint density at radius 1 is 1.44 bits per heavy atom. The average Bonchev–Trinajstić information content (AvgIpc) is 2.58. The maximum Gasteiger partial charge on any atom is 0.239 e. The van der Waals surface area contributed by atoms with Gasteiger partial charge in [0.1, 0.15) is 12.8 Å². The van der Waals surface area contributed by atoms with E-state index in [1.165, 1.54) is 31.3 Å². The summed E-state index contributed by atoms with van der Waals surface area (Å²) < 4.78 is 58.7. The molecule has 146 valence electrons. The van der Waals surface area contributed by atoms with Crippen LogP contribution in [0.25, 0.3) is 0 Å². The van der Waals surface area contributed by atoms with Crippen LogP contribution in [0.5, 0.6) is 5.88 Å². The largest absolute Gasteiger partial charge is 0.473 e. The topological polar surface area (TPSA) is 97.9 Å². The van der Waals surface area contributed by atoms with Crippen molar-refractivity contribution in [3.05, 3.63) is 47.9 Å². The molecule has 1 aromatic heterocycles. The van der Waals surface area contributed by atoms with Gasteiger partial charge in [0.25, 0.3) is 0 Å². The third kappa shape index (κ3) is 3.95. The molecule has 0 bridgehead atoms. The number of alkyl halides is 1. The number of nitrogens with two attached hydrogens (primary N) is 1. The molecule has 0 saturated carbocycles. The molecule has 1 aromatic rings. The van der Waals surface area contributed by atoms with Crippen molar-refractivity contribution in [2.24, 2.45) is 16.6 Å². The molecule has 2 heterocycles. The summed E-state index contributed by atoms with van der Waals surface area (Å²) in [5.41, 5.74) is 5.07. The zero-order valence-electron chi connectivity index (χ0n) is 14.8. The fourth-order valence-corrected chi connectivity index (χ4v) is 4.62. The number of hydrogen-bond acceptors (Lipinski definition) is 6. The van der Waals surface area contributed by atoms with Crippen molar-refractivity contribution in [2.45, 2.75) is 18.6 Å². The first kappa shape index (κ1) is 19.3. The molecule has 0 spiro atoms. The molecular formula is C17H20F2N4O3S. The molecule has 27 heavy (non-hydrogen) atoms. The first-order chi connectivity index (χ1) is 12.6. The second-order valence-electron chi connectivity index (χ2n) is 6.71. The molecule has 1 aliphatic heterocycles. The summed E-state index contributed by atoms with van der Waals surface area (Å²) >= 11 is 0. The lowest BCUT2D eigenvalue weighted by molar-refractivity contribution is 0.231. The van der Waals surface area contributed by atoms with Gasteiger partial charge in [0, 0.05) is 19.0 Å². The van der Waals surface area contributed by atoms with Crippen LogP contribution in [0.1, 0.15) is 6.92 Å². The smallest absolute Gasteiger partial charge is 0.239 e. The fourth-order valence-electron chi connectivity index (χ4n) is 3.10. The van der Waals surface area contributed by atoms with Gasteiger partial charge in [-0.3, -0.25) is 0 Å². The minimum atomic E-state index is -3.69. The van der Waals surface area contributed by atoms with Crippen molar-refractivity contribution in [1.29, 1.82) is 0 Å². The number of allylic oxidation sites excluding steroid dienone is 1. The molecule has 0 amide bonds. The van der Waals surface area contributed by atoms with Crippen LogP contribution < -0.4 is 10.5 Å². The molecule has 1 aliphatic carbocycles. The predicted molar refractivity (Wildman–Crippen MR) is 96.9 cm³/mol. The summed E-state index contributed by atoms with van der Waals surface area (Å²) in [6, 6.07) is 4.16. The van der Waals surface area contributed by atoms with E-state index in [0.717, 1.165) is 4.31 Å². The minimum Gasteiger partial charge on any atom is -0.473 e. The number of halogens is 2. The van der Waals surface area contributed by atoms with Crippen LogP contribution in [0.3, 0.4) is 0 Å². The minimum absolute atomic E-state index is 0.0259. The van der Waals surface area contributed by atoms with Crippen LogP contribution >= 0.6 is 0 Å². The highest BCUT2D eigenvalue weighted by Crippen LogP contribution is 2.36. The zero-order chi connectivity index (χ0) is 19.8. The monoisotopic (exact) mass is 398 g/mol. The van der Waals surface area contributed by atoms with Crippen molar-refractivity contribution in [1.82, 2.24) is 9.29 Å². The summed E-state index contributed by atoms with van der Waals surface area (Å²) in [4.78, 5) is 7.84. The van der Waals surface area contributed by atoms with E-state index in [9.17, 15) is 17.2 Å². The molecule has 2 aliphatic rings. The van der Waals surface area contributed by atoms with Crippen LogP contribution in [0.4, 0.5) is 8.78 Å². The van der Waals surface area contributed by atoms with Crippen LogP contribution in [0.15, 0.2) is 47.0 Å². The standard InChI is InChI=1S/C17H20F2N4O3S/c1-17(10-27(24,25)23(2)16(20)22-17)12-8-11(6-7-13(12)18)9-26-15-5-3-4-14(19)21-15/h3-8,12-13H,9-10H2,1-2H3,(H2,20,22)/t12?,13?,17-/m0/s1. The van der Waals surface area contributed by atoms with Gasteiger partial charge >= 0.3 is 0 Å². The van der Waals surface area contributed by atoms with Gasteiger partial charge in [-0.1, -0.05) is 18.2 Å². The molecule has 2 N–H and O–H groups in total. The molecule has 7 nitrogen and oxygen atoms in total. The molecule has 3 atom stereocenters. The zero-order valence-corrected chi connectivity index (χ0v) is 15.7. The Kier molecular flexibility index (Phi) is 4.94. The molecule has 0 fully saturated rings. The van der Waals surface area contributed by atoms with Crippen molar-refractivity contribution in [3.63, 3.8) is 0 Å². The number of hydrogen-bond donors (Lipinski definition) is 1. The number of pyridine rings is 1. The predicted octanol–water partition coefficient (Wildman–Crippen LogP) is 1.40. The van der Waals surface area contributed by atoms with E-state index in [2.05, 4.69) is 9.98 Å². The Hall–Kier alpha value is -2.49. The van der Waals surface area contributed by atoms with E-state index in [1.54, 1.807) is 19.1 Å².